The minimum absolute atomic E-state index is 0.336. The van der Waals surface area contributed by atoms with Crippen LogP contribution in [-0.2, 0) is 6.54 Å². The van der Waals surface area contributed by atoms with Gasteiger partial charge < -0.3 is 5.11 Å². The predicted molar refractivity (Wildman–Crippen MR) is 79.0 cm³/mol. The van der Waals surface area contributed by atoms with E-state index >= 15 is 0 Å². The SMILES string of the molecule is O=C(O)c1ccc(CN2CCCC[C@@H]2c2ccn[nH]2)cc1. The van der Waals surface area contributed by atoms with Crippen LogP contribution in [0.1, 0.15) is 46.9 Å². The number of aromatic amines is 1. The number of benzene rings is 1. The first-order valence-electron chi connectivity index (χ1n) is 7.29. The Balaban J connectivity index is 1.74. The second kappa shape index (κ2) is 6.10. The Morgan fingerprint density at radius 2 is 2.10 bits per heavy atom. The Morgan fingerprint density at radius 1 is 1.29 bits per heavy atom. The van der Waals surface area contributed by atoms with Gasteiger partial charge in [-0.3, -0.25) is 10.00 Å². The molecular formula is C16H19N3O2. The third kappa shape index (κ3) is 3.13. The summed E-state index contributed by atoms with van der Waals surface area (Å²) in [5.74, 6) is -0.880. The molecule has 1 aromatic carbocycles. The summed E-state index contributed by atoms with van der Waals surface area (Å²) in [4.78, 5) is 13.3. The number of hydrogen-bond acceptors (Lipinski definition) is 3. The van der Waals surface area contributed by atoms with Crippen LogP contribution in [0.5, 0.6) is 0 Å². The highest BCUT2D eigenvalue weighted by molar-refractivity contribution is 5.87. The lowest BCUT2D eigenvalue weighted by atomic mass is 9.98. The molecule has 0 spiro atoms. The molecule has 0 radical (unpaired) electrons. The van der Waals surface area contributed by atoms with Crippen LogP contribution in [0, 0.1) is 0 Å². The predicted octanol–water partition coefficient (Wildman–Crippen LogP) is 2.84. The summed E-state index contributed by atoms with van der Waals surface area (Å²) in [6.45, 7) is 1.90. The van der Waals surface area contributed by atoms with Crippen molar-refractivity contribution in [2.75, 3.05) is 6.54 Å². The number of carboxylic acid groups (broad SMARTS) is 1. The number of carboxylic acids is 1. The van der Waals surface area contributed by atoms with Crippen molar-refractivity contribution in [3.05, 3.63) is 53.3 Å². The number of aromatic nitrogens is 2. The fraction of sp³-hybridized carbons (Fsp3) is 0.375. The van der Waals surface area contributed by atoms with E-state index in [1.165, 1.54) is 12.8 Å². The summed E-state index contributed by atoms with van der Waals surface area (Å²) in [7, 11) is 0. The van der Waals surface area contributed by atoms with Crippen LogP contribution in [-0.4, -0.2) is 32.7 Å². The van der Waals surface area contributed by atoms with Crippen LogP contribution in [0.25, 0.3) is 0 Å². The molecule has 0 amide bonds. The van der Waals surface area contributed by atoms with Gasteiger partial charge in [-0.25, -0.2) is 4.79 Å². The van der Waals surface area contributed by atoms with Crippen LogP contribution in [0.15, 0.2) is 36.5 Å². The highest BCUT2D eigenvalue weighted by atomic mass is 16.4. The van der Waals surface area contributed by atoms with Crippen molar-refractivity contribution in [1.29, 1.82) is 0 Å². The second-order valence-corrected chi connectivity index (χ2v) is 5.50. The van der Waals surface area contributed by atoms with Gasteiger partial charge in [0.2, 0.25) is 0 Å². The number of likely N-dealkylation sites (tertiary alicyclic amines) is 1. The molecule has 110 valence electrons. The number of nitrogens with one attached hydrogen (secondary N) is 1. The molecule has 0 aliphatic carbocycles. The van der Waals surface area contributed by atoms with Crippen molar-refractivity contribution in [2.24, 2.45) is 0 Å². The Bertz CT molecular complexity index is 592. The zero-order chi connectivity index (χ0) is 14.7. The summed E-state index contributed by atoms with van der Waals surface area (Å²) in [5.41, 5.74) is 2.64. The van der Waals surface area contributed by atoms with Crippen molar-refractivity contribution in [3.63, 3.8) is 0 Å². The first-order chi connectivity index (χ1) is 10.2. The quantitative estimate of drug-likeness (QED) is 0.906. The van der Waals surface area contributed by atoms with E-state index < -0.39 is 5.97 Å². The Hall–Kier alpha value is -2.14. The summed E-state index contributed by atoms with van der Waals surface area (Å²) in [6, 6.07) is 9.57. The number of rotatable bonds is 4. The van der Waals surface area contributed by atoms with E-state index in [2.05, 4.69) is 15.1 Å². The molecule has 21 heavy (non-hydrogen) atoms. The molecule has 1 aliphatic heterocycles. The first-order valence-corrected chi connectivity index (χ1v) is 7.29. The zero-order valence-electron chi connectivity index (χ0n) is 11.8. The normalized spacial score (nSPS) is 19.5. The van der Waals surface area contributed by atoms with Gasteiger partial charge in [0.1, 0.15) is 0 Å². The maximum Gasteiger partial charge on any atom is 0.335 e. The van der Waals surface area contributed by atoms with Gasteiger partial charge >= 0.3 is 5.97 Å². The van der Waals surface area contributed by atoms with Crippen molar-refractivity contribution in [3.8, 4) is 0 Å². The molecule has 3 rings (SSSR count). The third-order valence-corrected chi connectivity index (χ3v) is 4.08. The number of hydrogen-bond donors (Lipinski definition) is 2. The molecule has 2 heterocycles. The van der Waals surface area contributed by atoms with E-state index in [4.69, 9.17) is 5.11 Å². The fourth-order valence-electron chi connectivity index (χ4n) is 2.97. The van der Waals surface area contributed by atoms with Gasteiger partial charge in [0.25, 0.3) is 0 Å². The highest BCUT2D eigenvalue weighted by Gasteiger charge is 2.24. The monoisotopic (exact) mass is 285 g/mol. The number of nitrogens with zero attached hydrogens (tertiary/aromatic N) is 2. The van der Waals surface area contributed by atoms with Gasteiger partial charge in [-0.1, -0.05) is 18.6 Å². The van der Waals surface area contributed by atoms with Crippen molar-refractivity contribution in [1.82, 2.24) is 15.1 Å². The van der Waals surface area contributed by atoms with E-state index in [0.29, 0.717) is 11.6 Å². The minimum Gasteiger partial charge on any atom is -0.478 e. The average Bonchev–Trinajstić information content (AvgIpc) is 3.02. The molecule has 1 aromatic heterocycles. The standard InChI is InChI=1S/C16H19N3O2/c20-16(21)13-6-4-12(5-7-13)11-19-10-2-1-3-15(19)14-8-9-17-18-14/h4-9,15H,1-3,10-11H2,(H,17,18)(H,20,21)/t15-/m1/s1. The topological polar surface area (TPSA) is 69.2 Å². The van der Waals surface area contributed by atoms with Gasteiger partial charge in [-0.2, -0.15) is 5.10 Å². The van der Waals surface area contributed by atoms with Crippen LogP contribution in [0.2, 0.25) is 0 Å². The summed E-state index contributed by atoms with van der Waals surface area (Å²) >= 11 is 0. The van der Waals surface area contributed by atoms with E-state index in [-0.39, 0.29) is 0 Å². The van der Waals surface area contributed by atoms with E-state index in [1.807, 2.05) is 18.2 Å². The largest absolute Gasteiger partial charge is 0.478 e. The van der Waals surface area contributed by atoms with Gasteiger partial charge in [0.15, 0.2) is 0 Å². The Labute approximate surface area is 123 Å². The fourth-order valence-corrected chi connectivity index (χ4v) is 2.97. The van der Waals surface area contributed by atoms with Gasteiger partial charge in [-0.05, 0) is 43.1 Å². The minimum atomic E-state index is -0.880. The van der Waals surface area contributed by atoms with E-state index in [0.717, 1.165) is 30.8 Å². The number of carbonyl (C=O) groups is 1. The smallest absolute Gasteiger partial charge is 0.335 e. The van der Waals surface area contributed by atoms with Crippen molar-refractivity contribution >= 4 is 5.97 Å². The molecule has 2 N–H and O–H groups in total. The zero-order valence-corrected chi connectivity index (χ0v) is 11.8. The maximum atomic E-state index is 10.9. The van der Waals surface area contributed by atoms with Gasteiger partial charge in [0.05, 0.1) is 17.3 Å². The van der Waals surface area contributed by atoms with Gasteiger partial charge in [0, 0.05) is 12.7 Å². The summed E-state index contributed by atoms with van der Waals surface area (Å²) in [5, 5.41) is 16.1. The molecule has 1 aliphatic rings. The van der Waals surface area contributed by atoms with Crippen molar-refractivity contribution < 1.29 is 9.90 Å². The summed E-state index contributed by atoms with van der Waals surface area (Å²) in [6.07, 6.45) is 5.37. The highest BCUT2D eigenvalue weighted by Crippen LogP contribution is 2.30. The molecule has 5 nitrogen and oxygen atoms in total. The average molecular weight is 285 g/mol. The first kappa shape index (κ1) is 13.8. The van der Waals surface area contributed by atoms with Crippen LogP contribution in [0.4, 0.5) is 0 Å². The lowest BCUT2D eigenvalue weighted by Crippen LogP contribution is -2.33. The lowest BCUT2D eigenvalue weighted by molar-refractivity contribution is 0.0697. The molecule has 0 saturated carbocycles. The molecule has 1 saturated heterocycles. The van der Waals surface area contributed by atoms with E-state index in [1.54, 1.807) is 18.3 Å². The second-order valence-electron chi connectivity index (χ2n) is 5.50. The summed E-state index contributed by atoms with van der Waals surface area (Å²) < 4.78 is 0. The van der Waals surface area contributed by atoms with Crippen molar-refractivity contribution in [2.45, 2.75) is 31.8 Å². The Morgan fingerprint density at radius 3 is 2.76 bits per heavy atom. The van der Waals surface area contributed by atoms with Crippen LogP contribution in [0.3, 0.4) is 0 Å². The van der Waals surface area contributed by atoms with Crippen LogP contribution >= 0.6 is 0 Å². The molecule has 0 unspecified atom stereocenters. The van der Waals surface area contributed by atoms with E-state index in [9.17, 15) is 4.79 Å². The molecule has 2 aromatic rings. The molecule has 5 heteroatoms. The molecule has 1 atom stereocenters. The lowest BCUT2D eigenvalue weighted by Gasteiger charge is -2.35. The number of H-pyrrole nitrogens is 1. The maximum absolute atomic E-state index is 10.9. The Kier molecular flexibility index (Phi) is 4.01. The number of aromatic carboxylic acids is 1. The van der Waals surface area contributed by atoms with Crippen LogP contribution < -0.4 is 0 Å². The third-order valence-electron chi connectivity index (χ3n) is 4.08. The molecule has 0 bridgehead atoms. The molecule has 1 fully saturated rings. The molecular weight excluding hydrogens is 266 g/mol. The van der Waals surface area contributed by atoms with Gasteiger partial charge in [-0.15, -0.1) is 0 Å². The number of piperidine rings is 1.